The first-order chi connectivity index (χ1) is 14.0. The molecule has 150 valence electrons. The topological polar surface area (TPSA) is 83.0 Å². The van der Waals surface area contributed by atoms with E-state index in [1.807, 2.05) is 61.5 Å². The van der Waals surface area contributed by atoms with Gasteiger partial charge in [0.25, 0.3) is 5.91 Å². The van der Waals surface area contributed by atoms with Crippen LogP contribution in [0.15, 0.2) is 59.8 Å². The molecule has 0 aliphatic carbocycles. The molecule has 1 atom stereocenters. The van der Waals surface area contributed by atoms with E-state index >= 15 is 0 Å². The lowest BCUT2D eigenvalue weighted by molar-refractivity contribution is -0.110. The molecule has 4 rings (SSSR count). The van der Waals surface area contributed by atoms with Gasteiger partial charge in [-0.3, -0.25) is 4.79 Å². The SMILES string of the molecule is Cc1cccc(NC(=O)N2CCCC3(CC(C(=O)Nc4ccccc4)=NO3)C2)c1. The van der Waals surface area contributed by atoms with Gasteiger partial charge in [0.1, 0.15) is 5.71 Å². The van der Waals surface area contributed by atoms with E-state index in [1.54, 1.807) is 4.90 Å². The number of benzene rings is 2. The van der Waals surface area contributed by atoms with E-state index < -0.39 is 5.60 Å². The first-order valence-corrected chi connectivity index (χ1v) is 9.77. The van der Waals surface area contributed by atoms with Gasteiger partial charge in [0.05, 0.1) is 6.54 Å². The van der Waals surface area contributed by atoms with Crippen LogP contribution in [-0.2, 0) is 9.63 Å². The summed E-state index contributed by atoms with van der Waals surface area (Å²) in [5, 5.41) is 9.82. The summed E-state index contributed by atoms with van der Waals surface area (Å²) >= 11 is 0. The third kappa shape index (κ3) is 4.39. The number of carbonyl (C=O) groups excluding carboxylic acids is 2. The highest BCUT2D eigenvalue weighted by atomic mass is 16.7. The molecule has 1 unspecified atom stereocenters. The van der Waals surface area contributed by atoms with E-state index in [1.165, 1.54) is 0 Å². The van der Waals surface area contributed by atoms with Crippen LogP contribution in [0, 0.1) is 6.92 Å². The van der Waals surface area contributed by atoms with Gasteiger partial charge in [0.2, 0.25) is 0 Å². The van der Waals surface area contributed by atoms with Gasteiger partial charge in [0, 0.05) is 24.3 Å². The summed E-state index contributed by atoms with van der Waals surface area (Å²) < 4.78 is 0. The van der Waals surface area contributed by atoms with Crippen molar-refractivity contribution in [1.29, 1.82) is 0 Å². The van der Waals surface area contributed by atoms with Crippen LogP contribution in [0.4, 0.5) is 16.2 Å². The Bertz CT molecular complexity index is 944. The Morgan fingerprint density at radius 2 is 1.86 bits per heavy atom. The molecule has 2 aliphatic heterocycles. The summed E-state index contributed by atoms with van der Waals surface area (Å²) in [6, 6.07) is 16.8. The van der Waals surface area contributed by atoms with Crippen molar-refractivity contribution in [2.75, 3.05) is 23.7 Å². The Kier molecular flexibility index (Phi) is 5.20. The molecule has 1 fully saturated rings. The van der Waals surface area contributed by atoms with Gasteiger partial charge in [-0.25, -0.2) is 4.79 Å². The maximum Gasteiger partial charge on any atom is 0.321 e. The predicted molar refractivity (Wildman–Crippen MR) is 112 cm³/mol. The molecule has 2 aliphatic rings. The lowest BCUT2D eigenvalue weighted by Crippen LogP contribution is -2.52. The molecule has 0 aromatic heterocycles. The molecule has 29 heavy (non-hydrogen) atoms. The van der Waals surface area contributed by atoms with Crippen LogP contribution in [-0.4, -0.2) is 41.2 Å². The van der Waals surface area contributed by atoms with Crippen molar-refractivity contribution in [2.45, 2.75) is 31.8 Å². The largest absolute Gasteiger partial charge is 0.386 e. The molecule has 2 N–H and O–H groups in total. The molecule has 1 saturated heterocycles. The summed E-state index contributed by atoms with van der Waals surface area (Å²) in [4.78, 5) is 32.7. The van der Waals surface area contributed by atoms with Crippen molar-refractivity contribution in [3.63, 3.8) is 0 Å². The monoisotopic (exact) mass is 392 g/mol. The Morgan fingerprint density at radius 3 is 2.66 bits per heavy atom. The van der Waals surface area contributed by atoms with Crippen molar-refractivity contribution < 1.29 is 14.4 Å². The average Bonchev–Trinajstić information content (AvgIpc) is 3.12. The minimum Gasteiger partial charge on any atom is -0.386 e. The van der Waals surface area contributed by atoms with Gasteiger partial charge >= 0.3 is 6.03 Å². The number of nitrogens with one attached hydrogen (secondary N) is 2. The van der Waals surface area contributed by atoms with Crippen molar-refractivity contribution >= 4 is 29.0 Å². The number of carbonyl (C=O) groups is 2. The Balaban J connectivity index is 1.37. The second-order valence-corrected chi connectivity index (χ2v) is 7.63. The zero-order valence-electron chi connectivity index (χ0n) is 16.4. The van der Waals surface area contributed by atoms with Crippen LogP contribution in [0.1, 0.15) is 24.8 Å². The molecule has 2 heterocycles. The van der Waals surface area contributed by atoms with Gasteiger partial charge in [-0.2, -0.15) is 0 Å². The minimum atomic E-state index is -0.633. The normalized spacial score (nSPS) is 20.7. The fourth-order valence-electron chi connectivity index (χ4n) is 3.78. The van der Waals surface area contributed by atoms with E-state index in [0.29, 0.717) is 30.9 Å². The molecule has 1 spiro atoms. The van der Waals surface area contributed by atoms with Crippen LogP contribution >= 0.6 is 0 Å². The number of aryl methyl sites for hydroxylation is 1. The summed E-state index contributed by atoms with van der Waals surface area (Å²) in [5.74, 6) is -0.269. The number of para-hydroxylation sites is 1. The van der Waals surface area contributed by atoms with Crippen molar-refractivity contribution in [1.82, 2.24) is 4.90 Å². The van der Waals surface area contributed by atoms with Gasteiger partial charge in [-0.15, -0.1) is 0 Å². The molecular weight excluding hydrogens is 368 g/mol. The second kappa shape index (κ2) is 7.95. The Morgan fingerprint density at radius 1 is 1.07 bits per heavy atom. The standard InChI is InChI=1S/C22H24N4O3/c1-16-7-5-10-18(13-16)24-21(28)26-12-6-11-22(15-26)14-19(25-29-22)20(27)23-17-8-3-2-4-9-17/h2-5,7-10,13H,6,11-12,14-15H2,1H3,(H,23,27)(H,24,28). The van der Waals surface area contributed by atoms with Crippen LogP contribution in [0.25, 0.3) is 0 Å². The van der Waals surface area contributed by atoms with E-state index in [4.69, 9.17) is 4.84 Å². The maximum absolute atomic E-state index is 12.7. The number of oxime groups is 1. The summed E-state index contributed by atoms with van der Waals surface area (Å²) in [6.07, 6.45) is 1.94. The summed E-state index contributed by atoms with van der Waals surface area (Å²) in [5.41, 5.74) is 2.28. The predicted octanol–water partition coefficient (Wildman–Crippen LogP) is 3.78. The Labute approximate surface area is 169 Å². The molecular formula is C22H24N4O3. The van der Waals surface area contributed by atoms with Crippen LogP contribution in [0.2, 0.25) is 0 Å². The number of likely N-dealkylation sites (tertiary alicyclic amines) is 1. The van der Waals surface area contributed by atoms with E-state index in [2.05, 4.69) is 15.8 Å². The van der Waals surface area contributed by atoms with Crippen molar-refractivity contribution in [3.8, 4) is 0 Å². The van der Waals surface area contributed by atoms with E-state index in [0.717, 1.165) is 24.1 Å². The highest BCUT2D eigenvalue weighted by Crippen LogP contribution is 2.34. The van der Waals surface area contributed by atoms with E-state index in [9.17, 15) is 9.59 Å². The molecule has 0 saturated carbocycles. The quantitative estimate of drug-likeness (QED) is 0.834. The van der Waals surface area contributed by atoms with Crippen molar-refractivity contribution in [3.05, 3.63) is 60.2 Å². The lowest BCUT2D eigenvalue weighted by atomic mass is 9.88. The van der Waals surface area contributed by atoms with Gasteiger partial charge in [-0.1, -0.05) is 35.5 Å². The second-order valence-electron chi connectivity index (χ2n) is 7.63. The fraction of sp³-hybridized carbons (Fsp3) is 0.318. The average molecular weight is 392 g/mol. The van der Waals surface area contributed by atoms with Crippen LogP contribution in [0.5, 0.6) is 0 Å². The smallest absolute Gasteiger partial charge is 0.321 e. The molecule has 3 amide bonds. The Hall–Kier alpha value is -3.35. The molecule has 0 bridgehead atoms. The number of amides is 3. The number of nitrogens with zero attached hydrogens (tertiary/aromatic N) is 2. The summed E-state index contributed by atoms with van der Waals surface area (Å²) in [7, 11) is 0. The molecule has 2 aromatic rings. The fourth-order valence-corrected chi connectivity index (χ4v) is 3.78. The van der Waals surface area contributed by atoms with Crippen LogP contribution in [0.3, 0.4) is 0 Å². The zero-order chi connectivity index (χ0) is 20.3. The molecule has 7 nitrogen and oxygen atoms in total. The minimum absolute atomic E-state index is 0.166. The molecule has 7 heteroatoms. The number of hydrogen-bond donors (Lipinski definition) is 2. The molecule has 2 aromatic carbocycles. The number of urea groups is 1. The lowest BCUT2D eigenvalue weighted by Gasteiger charge is -2.38. The highest BCUT2D eigenvalue weighted by molar-refractivity contribution is 6.43. The first kappa shape index (κ1) is 19.0. The zero-order valence-corrected chi connectivity index (χ0v) is 16.4. The number of rotatable bonds is 3. The highest BCUT2D eigenvalue weighted by Gasteiger charge is 2.45. The van der Waals surface area contributed by atoms with Gasteiger partial charge in [-0.05, 0) is 49.6 Å². The number of piperidine rings is 1. The van der Waals surface area contributed by atoms with Crippen LogP contribution < -0.4 is 10.6 Å². The van der Waals surface area contributed by atoms with E-state index in [-0.39, 0.29) is 11.9 Å². The third-order valence-electron chi connectivity index (χ3n) is 5.23. The number of hydrogen-bond acceptors (Lipinski definition) is 4. The van der Waals surface area contributed by atoms with Gasteiger partial charge in [0.15, 0.2) is 5.60 Å². The van der Waals surface area contributed by atoms with Gasteiger partial charge < -0.3 is 20.4 Å². The first-order valence-electron chi connectivity index (χ1n) is 9.77. The third-order valence-corrected chi connectivity index (χ3v) is 5.23. The van der Waals surface area contributed by atoms with Crippen molar-refractivity contribution in [2.24, 2.45) is 5.16 Å². The molecule has 0 radical (unpaired) electrons. The number of anilines is 2. The maximum atomic E-state index is 12.7. The summed E-state index contributed by atoms with van der Waals surface area (Å²) in [6.45, 7) is 3.03.